The summed E-state index contributed by atoms with van der Waals surface area (Å²) >= 11 is 0. The van der Waals surface area contributed by atoms with Gasteiger partial charge in [-0.3, -0.25) is 0 Å². The van der Waals surface area contributed by atoms with Crippen LogP contribution in [0.4, 0.5) is 4.39 Å². The van der Waals surface area contributed by atoms with Crippen molar-refractivity contribution in [1.29, 1.82) is 0 Å². The van der Waals surface area contributed by atoms with Crippen molar-refractivity contribution < 1.29 is 13.9 Å². The van der Waals surface area contributed by atoms with Crippen LogP contribution in [0.15, 0.2) is 77.4 Å². The number of benzene rings is 3. The fraction of sp³-hybridized carbons (Fsp3) is 0. The molecule has 0 N–H and O–H groups in total. The molecule has 0 aliphatic carbocycles. The second kappa shape index (κ2) is 5.74. The van der Waals surface area contributed by atoms with E-state index in [1.807, 2.05) is 42.5 Å². The SMILES string of the molecule is O=C1OC(c2ccccc2F)=N/C1=C\c1ccc2ccccc2c1. The van der Waals surface area contributed by atoms with Gasteiger partial charge >= 0.3 is 5.97 Å². The maximum atomic E-state index is 13.8. The number of nitrogens with zero attached hydrogens (tertiary/aromatic N) is 1. The van der Waals surface area contributed by atoms with E-state index in [0.29, 0.717) is 0 Å². The van der Waals surface area contributed by atoms with E-state index in [9.17, 15) is 9.18 Å². The van der Waals surface area contributed by atoms with Crippen LogP contribution in [0, 0.1) is 5.82 Å². The second-order valence-corrected chi connectivity index (χ2v) is 5.42. The Labute approximate surface area is 137 Å². The smallest absolute Gasteiger partial charge is 0.363 e. The van der Waals surface area contributed by atoms with Crippen LogP contribution in [0.5, 0.6) is 0 Å². The predicted octanol–water partition coefficient (Wildman–Crippen LogP) is 4.32. The Hall–Kier alpha value is -3.27. The number of ether oxygens (including phenoxy) is 1. The van der Waals surface area contributed by atoms with Gasteiger partial charge in [-0.25, -0.2) is 14.2 Å². The van der Waals surface area contributed by atoms with Gasteiger partial charge in [0, 0.05) is 0 Å². The maximum Gasteiger partial charge on any atom is 0.363 e. The van der Waals surface area contributed by atoms with Crippen molar-refractivity contribution in [2.45, 2.75) is 0 Å². The fourth-order valence-electron chi connectivity index (χ4n) is 2.61. The highest BCUT2D eigenvalue weighted by Crippen LogP contribution is 2.22. The van der Waals surface area contributed by atoms with Crippen LogP contribution in [-0.2, 0) is 9.53 Å². The fourth-order valence-corrected chi connectivity index (χ4v) is 2.61. The molecule has 0 saturated carbocycles. The molecule has 24 heavy (non-hydrogen) atoms. The maximum absolute atomic E-state index is 13.8. The third-order valence-electron chi connectivity index (χ3n) is 3.80. The topological polar surface area (TPSA) is 38.7 Å². The zero-order valence-corrected chi connectivity index (χ0v) is 12.6. The quantitative estimate of drug-likeness (QED) is 0.521. The first-order valence-corrected chi connectivity index (χ1v) is 7.47. The molecule has 4 rings (SSSR count). The number of halogens is 1. The number of esters is 1. The van der Waals surface area contributed by atoms with Crippen LogP contribution < -0.4 is 0 Å². The van der Waals surface area contributed by atoms with Gasteiger partial charge in [-0.1, -0.05) is 48.5 Å². The van der Waals surface area contributed by atoms with Gasteiger partial charge in [0.25, 0.3) is 0 Å². The Morgan fingerprint density at radius 1 is 0.917 bits per heavy atom. The number of cyclic esters (lactones) is 1. The third kappa shape index (κ3) is 2.58. The van der Waals surface area contributed by atoms with Crippen LogP contribution in [0.2, 0.25) is 0 Å². The first-order valence-electron chi connectivity index (χ1n) is 7.47. The minimum absolute atomic E-state index is 0.00913. The van der Waals surface area contributed by atoms with Gasteiger partial charge in [0.15, 0.2) is 5.70 Å². The first-order chi connectivity index (χ1) is 11.7. The Morgan fingerprint density at radius 3 is 2.50 bits per heavy atom. The molecule has 0 radical (unpaired) electrons. The largest absolute Gasteiger partial charge is 0.402 e. The zero-order chi connectivity index (χ0) is 16.5. The highest BCUT2D eigenvalue weighted by atomic mass is 19.1. The standard InChI is InChI=1S/C20H12FNO2/c21-17-8-4-3-7-16(17)19-22-18(20(23)24-19)12-13-9-10-14-5-1-2-6-15(14)11-13/h1-12H/b18-12-. The minimum Gasteiger partial charge on any atom is -0.402 e. The monoisotopic (exact) mass is 317 g/mol. The van der Waals surface area contributed by atoms with Crippen molar-refractivity contribution in [3.63, 3.8) is 0 Å². The van der Waals surface area contributed by atoms with Crippen LogP contribution in [0.1, 0.15) is 11.1 Å². The number of carbonyl (C=O) groups excluding carboxylic acids is 1. The summed E-state index contributed by atoms with van der Waals surface area (Å²) in [4.78, 5) is 16.2. The van der Waals surface area contributed by atoms with Crippen LogP contribution in [-0.4, -0.2) is 11.9 Å². The van der Waals surface area contributed by atoms with Gasteiger partial charge < -0.3 is 4.74 Å². The Bertz CT molecular complexity index is 1020. The third-order valence-corrected chi connectivity index (χ3v) is 3.80. The van der Waals surface area contributed by atoms with E-state index in [1.165, 1.54) is 12.1 Å². The van der Waals surface area contributed by atoms with E-state index in [4.69, 9.17) is 4.74 Å². The van der Waals surface area contributed by atoms with E-state index >= 15 is 0 Å². The number of carbonyl (C=O) groups is 1. The molecule has 1 heterocycles. The molecule has 0 spiro atoms. The number of aliphatic imine (C=N–C) groups is 1. The van der Waals surface area contributed by atoms with Crippen LogP contribution in [0.25, 0.3) is 16.8 Å². The lowest BCUT2D eigenvalue weighted by Crippen LogP contribution is -2.07. The summed E-state index contributed by atoms with van der Waals surface area (Å²) in [5, 5.41) is 2.18. The van der Waals surface area contributed by atoms with Crippen molar-refractivity contribution in [1.82, 2.24) is 0 Å². The highest BCUT2D eigenvalue weighted by Gasteiger charge is 2.25. The molecular weight excluding hydrogens is 305 g/mol. The summed E-state index contributed by atoms with van der Waals surface area (Å²) in [6, 6.07) is 19.9. The van der Waals surface area contributed by atoms with Crippen molar-refractivity contribution >= 4 is 28.7 Å². The summed E-state index contributed by atoms with van der Waals surface area (Å²) in [5.74, 6) is -1.07. The van der Waals surface area contributed by atoms with E-state index in [1.54, 1.807) is 18.2 Å². The summed E-state index contributed by atoms with van der Waals surface area (Å²) in [7, 11) is 0. The average molecular weight is 317 g/mol. The van der Waals surface area contributed by atoms with E-state index in [0.717, 1.165) is 16.3 Å². The Kier molecular flexibility index (Phi) is 3.43. The van der Waals surface area contributed by atoms with Crippen molar-refractivity contribution in [2.75, 3.05) is 0 Å². The van der Waals surface area contributed by atoms with Crippen LogP contribution in [0.3, 0.4) is 0 Å². The number of fused-ring (bicyclic) bond motifs is 1. The second-order valence-electron chi connectivity index (χ2n) is 5.42. The van der Waals surface area contributed by atoms with E-state index < -0.39 is 11.8 Å². The minimum atomic E-state index is -0.582. The highest BCUT2D eigenvalue weighted by molar-refractivity contribution is 6.13. The van der Waals surface area contributed by atoms with Gasteiger partial charge in [-0.15, -0.1) is 0 Å². The molecule has 0 bridgehead atoms. The van der Waals surface area contributed by atoms with Gasteiger partial charge in [-0.2, -0.15) is 0 Å². The number of hydrogen-bond acceptors (Lipinski definition) is 3. The normalized spacial score (nSPS) is 15.6. The molecule has 0 unspecified atom stereocenters. The molecule has 3 aromatic rings. The van der Waals surface area contributed by atoms with Crippen molar-refractivity contribution in [2.24, 2.45) is 4.99 Å². The molecule has 0 fully saturated rings. The molecule has 1 aliphatic heterocycles. The summed E-state index contributed by atoms with van der Waals surface area (Å²) < 4.78 is 18.9. The molecule has 1 aliphatic rings. The molecule has 3 aromatic carbocycles. The van der Waals surface area contributed by atoms with Gasteiger partial charge in [0.1, 0.15) is 5.82 Å². The molecule has 0 saturated heterocycles. The number of hydrogen-bond donors (Lipinski definition) is 0. The first kappa shape index (κ1) is 14.3. The lowest BCUT2D eigenvalue weighted by atomic mass is 10.1. The lowest BCUT2D eigenvalue weighted by Gasteiger charge is -1.99. The summed E-state index contributed by atoms with van der Waals surface area (Å²) in [6.07, 6.45) is 1.64. The molecular formula is C20H12FNO2. The van der Waals surface area contributed by atoms with Crippen LogP contribution >= 0.6 is 0 Å². The number of rotatable bonds is 2. The van der Waals surface area contributed by atoms with E-state index in [-0.39, 0.29) is 17.2 Å². The van der Waals surface area contributed by atoms with Crippen molar-refractivity contribution in [3.8, 4) is 0 Å². The molecule has 4 heteroatoms. The van der Waals surface area contributed by atoms with Gasteiger partial charge in [0.2, 0.25) is 5.90 Å². The van der Waals surface area contributed by atoms with Crippen molar-refractivity contribution in [3.05, 3.63) is 89.4 Å². The summed E-state index contributed by atoms with van der Waals surface area (Å²) in [5.41, 5.74) is 1.16. The molecule has 0 atom stereocenters. The molecule has 116 valence electrons. The van der Waals surface area contributed by atoms with E-state index in [2.05, 4.69) is 4.99 Å². The lowest BCUT2D eigenvalue weighted by molar-refractivity contribution is -0.129. The Balaban J connectivity index is 1.73. The average Bonchev–Trinajstić information content (AvgIpc) is 2.96. The zero-order valence-electron chi connectivity index (χ0n) is 12.6. The predicted molar refractivity (Wildman–Crippen MR) is 91.0 cm³/mol. The molecule has 3 nitrogen and oxygen atoms in total. The van der Waals surface area contributed by atoms with Gasteiger partial charge in [-0.05, 0) is 40.6 Å². The Morgan fingerprint density at radius 2 is 1.67 bits per heavy atom. The summed E-state index contributed by atoms with van der Waals surface area (Å²) in [6.45, 7) is 0. The molecule has 0 amide bonds. The van der Waals surface area contributed by atoms with Gasteiger partial charge in [0.05, 0.1) is 5.56 Å². The molecule has 0 aromatic heterocycles.